The summed E-state index contributed by atoms with van der Waals surface area (Å²) in [6.07, 6.45) is -0.788. The van der Waals surface area contributed by atoms with Gasteiger partial charge in [0.15, 0.2) is 17.3 Å². The minimum Gasteiger partial charge on any atom is -0.497 e. The van der Waals surface area contributed by atoms with Crippen molar-refractivity contribution in [2.75, 3.05) is 45.9 Å². The molecule has 0 radical (unpaired) electrons. The van der Waals surface area contributed by atoms with Gasteiger partial charge in [-0.2, -0.15) is 4.98 Å². The lowest BCUT2D eigenvalue weighted by Gasteiger charge is -2.26. The summed E-state index contributed by atoms with van der Waals surface area (Å²) in [5, 5.41) is 11.0. The van der Waals surface area contributed by atoms with Gasteiger partial charge in [0.25, 0.3) is 0 Å². The van der Waals surface area contributed by atoms with Gasteiger partial charge in [0.05, 0.1) is 27.0 Å². The minimum absolute atomic E-state index is 0.0159. The van der Waals surface area contributed by atoms with Crippen molar-refractivity contribution in [1.29, 1.82) is 0 Å². The molecule has 0 bridgehead atoms. The number of aliphatic hydroxyl groups excluding tert-OH is 1. The molecule has 0 saturated heterocycles. The van der Waals surface area contributed by atoms with Gasteiger partial charge >= 0.3 is 0 Å². The molecule has 3 aromatic rings. The van der Waals surface area contributed by atoms with E-state index in [1.807, 2.05) is 54.3 Å². The molecule has 34 heavy (non-hydrogen) atoms. The fourth-order valence-electron chi connectivity index (χ4n) is 3.42. The summed E-state index contributed by atoms with van der Waals surface area (Å²) in [4.78, 5) is 10.9. The maximum Gasteiger partial charge on any atom is 0.236 e. The normalized spacial score (nSPS) is 11.6. The molecule has 3 rings (SSSR count). The highest BCUT2D eigenvalue weighted by molar-refractivity contribution is 6.32. The second-order valence-corrected chi connectivity index (χ2v) is 7.90. The van der Waals surface area contributed by atoms with E-state index in [1.165, 1.54) is 0 Å². The number of aliphatic hydroxyl groups is 1. The molecule has 0 aliphatic rings. The van der Waals surface area contributed by atoms with Crippen molar-refractivity contribution in [2.45, 2.75) is 20.0 Å². The van der Waals surface area contributed by atoms with Crippen LogP contribution in [0, 0.1) is 6.92 Å². The zero-order chi connectivity index (χ0) is 24.7. The molecule has 0 aliphatic heterocycles. The molecule has 0 amide bonds. The fraction of sp³-hybridized carbons (Fsp3) is 0.360. The van der Waals surface area contributed by atoms with Crippen LogP contribution in [0.2, 0.25) is 5.02 Å². The Morgan fingerprint density at radius 1 is 0.971 bits per heavy atom. The van der Waals surface area contributed by atoms with Crippen LogP contribution in [0.1, 0.15) is 12.6 Å². The van der Waals surface area contributed by atoms with E-state index in [9.17, 15) is 5.11 Å². The smallest absolute Gasteiger partial charge is 0.236 e. The van der Waals surface area contributed by atoms with Crippen molar-refractivity contribution >= 4 is 17.3 Å². The first kappa shape index (κ1) is 25.4. The summed E-state index contributed by atoms with van der Waals surface area (Å²) in [5.74, 6) is 2.72. The first-order chi connectivity index (χ1) is 16.4. The third-order valence-corrected chi connectivity index (χ3v) is 5.73. The monoisotopic (exact) mass is 487 g/mol. The van der Waals surface area contributed by atoms with Crippen LogP contribution in [-0.2, 0) is 0 Å². The fourth-order valence-corrected chi connectivity index (χ4v) is 3.56. The van der Waals surface area contributed by atoms with Crippen LogP contribution in [0.5, 0.6) is 23.1 Å². The number of benzene rings is 2. The van der Waals surface area contributed by atoms with Gasteiger partial charge in [0, 0.05) is 30.4 Å². The average Bonchev–Trinajstić information content (AvgIpc) is 2.87. The number of ether oxygens (including phenoxy) is 4. The Bertz CT molecular complexity index is 1090. The quantitative estimate of drug-likeness (QED) is 0.426. The lowest BCUT2D eigenvalue weighted by Crippen LogP contribution is -2.35. The molecular weight excluding hydrogens is 458 g/mol. The van der Waals surface area contributed by atoms with Gasteiger partial charge < -0.3 is 29.0 Å². The number of hydrogen-bond acceptors (Lipinski definition) is 8. The Labute approximate surface area is 205 Å². The van der Waals surface area contributed by atoms with E-state index >= 15 is 0 Å². The molecule has 0 saturated carbocycles. The molecule has 2 aromatic carbocycles. The molecule has 1 heterocycles. The lowest BCUT2D eigenvalue weighted by molar-refractivity contribution is 0.110. The molecule has 1 aromatic heterocycles. The number of rotatable bonds is 11. The van der Waals surface area contributed by atoms with Crippen LogP contribution in [0.3, 0.4) is 0 Å². The second kappa shape index (κ2) is 11.8. The Hall–Kier alpha value is -3.23. The van der Waals surface area contributed by atoms with Crippen LogP contribution in [0.4, 0.5) is 5.69 Å². The van der Waals surface area contributed by atoms with E-state index in [2.05, 4.69) is 9.97 Å². The van der Waals surface area contributed by atoms with E-state index in [0.717, 1.165) is 17.0 Å². The topological polar surface area (TPSA) is 86.2 Å². The van der Waals surface area contributed by atoms with Gasteiger partial charge in [-0.25, -0.2) is 4.98 Å². The minimum atomic E-state index is -0.788. The number of hydrogen-bond donors (Lipinski definition) is 1. The highest BCUT2D eigenvalue weighted by Crippen LogP contribution is 2.32. The maximum absolute atomic E-state index is 10.7. The number of methoxy groups -OCH3 is 3. The van der Waals surface area contributed by atoms with Crippen molar-refractivity contribution in [2.24, 2.45) is 0 Å². The van der Waals surface area contributed by atoms with Crippen LogP contribution >= 0.6 is 11.6 Å². The highest BCUT2D eigenvalue weighted by Gasteiger charge is 2.17. The summed E-state index contributed by atoms with van der Waals surface area (Å²) in [5.41, 5.74) is 2.29. The maximum atomic E-state index is 10.7. The van der Waals surface area contributed by atoms with E-state index in [1.54, 1.807) is 28.3 Å². The Balaban J connectivity index is 1.71. The molecule has 0 fully saturated rings. The summed E-state index contributed by atoms with van der Waals surface area (Å²) in [7, 11) is 4.80. The zero-order valence-corrected chi connectivity index (χ0v) is 20.8. The number of likely N-dealkylation sites (N-methyl/N-ethyl adjacent to an activating group) is 1. The molecule has 182 valence electrons. The number of anilines is 1. The summed E-state index contributed by atoms with van der Waals surface area (Å²) in [6, 6.07) is 13.0. The third-order valence-electron chi connectivity index (χ3n) is 5.29. The van der Waals surface area contributed by atoms with Gasteiger partial charge in [0.2, 0.25) is 5.88 Å². The number of aromatic nitrogens is 2. The second-order valence-electron chi connectivity index (χ2n) is 7.52. The SMILES string of the molecule is CCN(C[C@H](O)COc1nc(-c2ccc(OC)cc2)nc(C)c1Cl)c1ccc(OC)c(OC)c1. The van der Waals surface area contributed by atoms with E-state index in [0.29, 0.717) is 41.1 Å². The Morgan fingerprint density at radius 3 is 2.29 bits per heavy atom. The van der Waals surface area contributed by atoms with E-state index < -0.39 is 6.10 Å². The third kappa shape index (κ3) is 6.01. The molecule has 1 N–H and O–H groups in total. The summed E-state index contributed by atoms with van der Waals surface area (Å²) in [6.45, 7) is 4.84. The van der Waals surface area contributed by atoms with Gasteiger partial charge in [0.1, 0.15) is 23.5 Å². The summed E-state index contributed by atoms with van der Waals surface area (Å²) >= 11 is 6.39. The average molecular weight is 488 g/mol. The summed E-state index contributed by atoms with van der Waals surface area (Å²) < 4.78 is 21.7. The van der Waals surface area contributed by atoms with Crippen LogP contribution in [0.15, 0.2) is 42.5 Å². The molecule has 0 spiro atoms. The zero-order valence-electron chi connectivity index (χ0n) is 20.0. The van der Waals surface area contributed by atoms with Crippen molar-refractivity contribution < 1.29 is 24.1 Å². The molecule has 9 heteroatoms. The number of aryl methyl sites for hydroxylation is 1. The van der Waals surface area contributed by atoms with E-state index in [-0.39, 0.29) is 12.5 Å². The van der Waals surface area contributed by atoms with Gasteiger partial charge in [-0.05, 0) is 50.2 Å². The standard InChI is InChI=1S/C25H30ClN3O5/c1-6-29(18-9-12-21(32-4)22(13-18)33-5)14-19(30)15-34-25-23(26)16(2)27-24(28-25)17-7-10-20(31-3)11-8-17/h7-13,19,30H,6,14-15H2,1-5H3/t19-/m0/s1. The molecule has 8 nitrogen and oxygen atoms in total. The Morgan fingerprint density at radius 2 is 1.68 bits per heavy atom. The van der Waals surface area contributed by atoms with Crippen LogP contribution in [0.25, 0.3) is 11.4 Å². The first-order valence-electron chi connectivity index (χ1n) is 10.9. The molecular formula is C25H30ClN3O5. The first-order valence-corrected chi connectivity index (χ1v) is 11.2. The molecule has 0 aliphatic carbocycles. The van der Waals surface area contributed by atoms with E-state index in [4.69, 9.17) is 30.5 Å². The van der Waals surface area contributed by atoms with Crippen molar-refractivity contribution in [3.63, 3.8) is 0 Å². The molecule has 0 unspecified atom stereocenters. The van der Waals surface area contributed by atoms with Crippen LogP contribution < -0.4 is 23.8 Å². The lowest BCUT2D eigenvalue weighted by atomic mass is 10.2. The van der Waals surface area contributed by atoms with Gasteiger partial charge in [-0.1, -0.05) is 11.6 Å². The highest BCUT2D eigenvalue weighted by atomic mass is 35.5. The van der Waals surface area contributed by atoms with Crippen LogP contribution in [-0.4, -0.2) is 62.2 Å². The van der Waals surface area contributed by atoms with Crippen molar-refractivity contribution in [1.82, 2.24) is 9.97 Å². The Kier molecular flexibility index (Phi) is 8.79. The number of nitrogens with zero attached hydrogens (tertiary/aromatic N) is 3. The molecule has 1 atom stereocenters. The predicted octanol–water partition coefficient (Wildman–Crippen LogP) is 4.40. The largest absolute Gasteiger partial charge is 0.497 e. The number of halogens is 1. The van der Waals surface area contributed by atoms with Gasteiger partial charge in [-0.3, -0.25) is 0 Å². The van der Waals surface area contributed by atoms with Crippen molar-refractivity contribution in [3.05, 3.63) is 53.2 Å². The van der Waals surface area contributed by atoms with Crippen molar-refractivity contribution in [3.8, 4) is 34.5 Å². The predicted molar refractivity (Wildman–Crippen MR) is 133 cm³/mol. The van der Waals surface area contributed by atoms with Gasteiger partial charge in [-0.15, -0.1) is 0 Å².